The van der Waals surface area contributed by atoms with Gasteiger partial charge in [0, 0.05) is 18.2 Å². The maximum absolute atomic E-state index is 5.66. The van der Waals surface area contributed by atoms with Gasteiger partial charge in [-0.15, -0.1) is 21.8 Å². The molecule has 2 heterocycles. The number of halogens is 1. The normalized spacial score (nSPS) is 16.1. The Morgan fingerprint density at radius 2 is 2.19 bits per heavy atom. The van der Waals surface area contributed by atoms with E-state index in [1.807, 2.05) is 4.52 Å². The summed E-state index contributed by atoms with van der Waals surface area (Å²) in [5.41, 5.74) is 0. The van der Waals surface area contributed by atoms with Gasteiger partial charge in [0.15, 0.2) is 5.82 Å². The molecule has 0 atom stereocenters. The Hall–Kier alpha value is -0.680. The van der Waals surface area contributed by atoms with E-state index >= 15 is 0 Å². The number of nitrogens with zero attached hydrogens (tertiary/aromatic N) is 4. The van der Waals surface area contributed by atoms with Gasteiger partial charge in [0.25, 0.3) is 0 Å². The SMILES string of the molecule is ClCCCCc1nn2c(C3CC3)nnc2s1. The topological polar surface area (TPSA) is 43.1 Å². The lowest BCUT2D eigenvalue weighted by atomic mass is 10.3. The minimum atomic E-state index is 0.604. The lowest BCUT2D eigenvalue weighted by Gasteiger charge is -1.93. The van der Waals surface area contributed by atoms with Crippen molar-refractivity contribution < 1.29 is 0 Å². The van der Waals surface area contributed by atoms with E-state index in [4.69, 9.17) is 11.6 Å². The maximum atomic E-state index is 5.66. The highest BCUT2D eigenvalue weighted by Crippen LogP contribution is 2.39. The van der Waals surface area contributed by atoms with Gasteiger partial charge in [-0.3, -0.25) is 0 Å². The summed E-state index contributed by atoms with van der Waals surface area (Å²) in [5, 5.41) is 14.1. The molecule has 2 aromatic rings. The molecule has 2 aromatic heterocycles. The highest BCUT2D eigenvalue weighted by atomic mass is 35.5. The highest BCUT2D eigenvalue weighted by Gasteiger charge is 2.29. The van der Waals surface area contributed by atoms with Gasteiger partial charge in [-0.2, -0.15) is 9.61 Å². The number of alkyl halides is 1. The number of fused-ring (bicyclic) bond motifs is 1. The van der Waals surface area contributed by atoms with Crippen molar-refractivity contribution in [1.29, 1.82) is 0 Å². The lowest BCUT2D eigenvalue weighted by Crippen LogP contribution is -1.95. The van der Waals surface area contributed by atoms with Crippen molar-refractivity contribution in [3.05, 3.63) is 10.8 Å². The van der Waals surface area contributed by atoms with Crippen molar-refractivity contribution in [1.82, 2.24) is 19.8 Å². The van der Waals surface area contributed by atoms with Crippen LogP contribution in [0.15, 0.2) is 0 Å². The molecule has 0 N–H and O–H groups in total. The Labute approximate surface area is 103 Å². The quantitative estimate of drug-likeness (QED) is 0.610. The Morgan fingerprint density at radius 3 is 2.94 bits per heavy atom. The fourth-order valence-electron chi connectivity index (χ4n) is 1.74. The first-order valence-corrected chi connectivity index (χ1v) is 7.00. The smallest absolute Gasteiger partial charge is 0.187 e. The molecule has 0 aromatic carbocycles. The van der Waals surface area contributed by atoms with Gasteiger partial charge in [0.1, 0.15) is 5.01 Å². The molecule has 0 spiro atoms. The molecule has 1 saturated carbocycles. The number of hydrogen-bond donors (Lipinski definition) is 0. The van der Waals surface area contributed by atoms with Crippen LogP contribution in [0.25, 0.3) is 4.96 Å². The van der Waals surface area contributed by atoms with E-state index in [2.05, 4.69) is 15.3 Å². The number of aryl methyl sites for hydroxylation is 1. The van der Waals surface area contributed by atoms with Crippen LogP contribution in [0.2, 0.25) is 0 Å². The molecule has 6 heteroatoms. The second-order valence-electron chi connectivity index (χ2n) is 4.17. The minimum absolute atomic E-state index is 0.604. The van der Waals surface area contributed by atoms with E-state index in [0.29, 0.717) is 5.92 Å². The fourth-order valence-corrected chi connectivity index (χ4v) is 2.81. The largest absolute Gasteiger partial charge is 0.234 e. The molecule has 1 aliphatic carbocycles. The van der Waals surface area contributed by atoms with Crippen LogP contribution in [-0.2, 0) is 6.42 Å². The predicted octanol–water partition coefficient (Wildman–Crippen LogP) is 2.62. The number of unbranched alkanes of at least 4 members (excludes halogenated alkanes) is 1. The third-order valence-electron chi connectivity index (χ3n) is 2.77. The molecule has 86 valence electrons. The van der Waals surface area contributed by atoms with Crippen molar-refractivity contribution >= 4 is 27.9 Å². The van der Waals surface area contributed by atoms with Gasteiger partial charge in [0.05, 0.1) is 0 Å². The van der Waals surface area contributed by atoms with Gasteiger partial charge in [-0.1, -0.05) is 11.3 Å². The lowest BCUT2D eigenvalue weighted by molar-refractivity contribution is 0.754. The molecule has 4 nitrogen and oxygen atoms in total. The Kier molecular flexibility index (Phi) is 2.81. The molecule has 1 aliphatic rings. The van der Waals surface area contributed by atoms with Crippen LogP contribution in [0.5, 0.6) is 0 Å². The number of hydrogen-bond acceptors (Lipinski definition) is 4. The molecule has 0 saturated heterocycles. The molecule has 0 aliphatic heterocycles. The molecule has 0 unspecified atom stereocenters. The van der Waals surface area contributed by atoms with E-state index in [9.17, 15) is 0 Å². The van der Waals surface area contributed by atoms with Gasteiger partial charge < -0.3 is 0 Å². The fraction of sp³-hybridized carbons (Fsp3) is 0.700. The highest BCUT2D eigenvalue weighted by molar-refractivity contribution is 7.16. The summed E-state index contributed by atoms with van der Waals surface area (Å²) in [6, 6.07) is 0. The first kappa shape index (κ1) is 10.5. The van der Waals surface area contributed by atoms with Crippen LogP contribution in [0.3, 0.4) is 0 Å². The molecular formula is C10H13ClN4S. The molecule has 3 rings (SSSR count). The molecule has 16 heavy (non-hydrogen) atoms. The third kappa shape index (κ3) is 1.94. The predicted molar refractivity (Wildman–Crippen MR) is 64.3 cm³/mol. The summed E-state index contributed by atoms with van der Waals surface area (Å²) in [7, 11) is 0. The average molecular weight is 257 g/mol. The number of rotatable bonds is 5. The standard InChI is InChI=1S/C10H13ClN4S/c11-6-2-1-3-8-14-15-9(7-4-5-7)12-13-10(15)16-8/h7H,1-6H2. The van der Waals surface area contributed by atoms with Crippen molar-refractivity contribution in [3.8, 4) is 0 Å². The minimum Gasteiger partial charge on any atom is -0.187 e. The van der Waals surface area contributed by atoms with Crippen molar-refractivity contribution in [2.45, 2.75) is 38.0 Å². The van der Waals surface area contributed by atoms with Crippen LogP contribution in [0, 0.1) is 0 Å². The van der Waals surface area contributed by atoms with Gasteiger partial charge in [-0.25, -0.2) is 0 Å². The molecule has 1 fully saturated rings. The zero-order valence-electron chi connectivity index (χ0n) is 8.90. The van der Waals surface area contributed by atoms with E-state index in [1.165, 1.54) is 12.8 Å². The molecular weight excluding hydrogens is 244 g/mol. The first-order chi connectivity index (χ1) is 7.88. The second kappa shape index (κ2) is 4.30. The Bertz CT molecular complexity index is 488. The zero-order chi connectivity index (χ0) is 11.0. The van der Waals surface area contributed by atoms with E-state index in [0.717, 1.165) is 40.9 Å². The Morgan fingerprint density at radius 1 is 1.31 bits per heavy atom. The van der Waals surface area contributed by atoms with Gasteiger partial charge in [-0.05, 0) is 25.7 Å². The summed E-state index contributed by atoms with van der Waals surface area (Å²) in [6.07, 6.45) is 5.63. The summed E-state index contributed by atoms with van der Waals surface area (Å²) in [4.78, 5) is 0.933. The van der Waals surface area contributed by atoms with Crippen molar-refractivity contribution in [3.63, 3.8) is 0 Å². The summed E-state index contributed by atoms with van der Waals surface area (Å²) in [5.74, 6) is 2.39. The van der Waals surface area contributed by atoms with E-state index in [-0.39, 0.29) is 0 Å². The van der Waals surface area contributed by atoms with Crippen molar-refractivity contribution in [2.24, 2.45) is 0 Å². The maximum Gasteiger partial charge on any atom is 0.234 e. The van der Waals surface area contributed by atoms with Crippen LogP contribution < -0.4 is 0 Å². The zero-order valence-corrected chi connectivity index (χ0v) is 10.5. The summed E-state index contributed by atoms with van der Waals surface area (Å²) < 4.78 is 1.93. The summed E-state index contributed by atoms with van der Waals surface area (Å²) >= 11 is 7.30. The third-order valence-corrected chi connectivity index (χ3v) is 4.00. The monoisotopic (exact) mass is 256 g/mol. The van der Waals surface area contributed by atoms with Crippen LogP contribution >= 0.6 is 22.9 Å². The molecule has 0 bridgehead atoms. The molecule has 0 radical (unpaired) electrons. The summed E-state index contributed by atoms with van der Waals surface area (Å²) in [6.45, 7) is 0. The van der Waals surface area contributed by atoms with E-state index in [1.54, 1.807) is 11.3 Å². The number of aromatic nitrogens is 4. The first-order valence-electron chi connectivity index (χ1n) is 5.65. The van der Waals surface area contributed by atoms with Gasteiger partial charge >= 0.3 is 0 Å². The Balaban J connectivity index is 1.80. The van der Waals surface area contributed by atoms with Crippen LogP contribution in [0.4, 0.5) is 0 Å². The van der Waals surface area contributed by atoms with Gasteiger partial charge in [0.2, 0.25) is 4.96 Å². The van der Waals surface area contributed by atoms with Crippen LogP contribution in [-0.4, -0.2) is 25.7 Å². The van der Waals surface area contributed by atoms with Crippen molar-refractivity contribution in [2.75, 3.05) is 5.88 Å². The van der Waals surface area contributed by atoms with Crippen LogP contribution in [0.1, 0.15) is 42.4 Å². The molecule has 0 amide bonds. The second-order valence-corrected chi connectivity index (χ2v) is 5.59. The average Bonchev–Trinajstić information content (AvgIpc) is 2.91. The van der Waals surface area contributed by atoms with E-state index < -0.39 is 0 Å².